The van der Waals surface area contributed by atoms with E-state index in [4.69, 9.17) is 0 Å². The summed E-state index contributed by atoms with van der Waals surface area (Å²) in [5.74, 6) is 0.664. The minimum absolute atomic E-state index is 0.0961. The summed E-state index contributed by atoms with van der Waals surface area (Å²) in [6, 6.07) is 1.89. The van der Waals surface area contributed by atoms with Crippen molar-refractivity contribution in [3.8, 4) is 5.69 Å². The Bertz CT molecular complexity index is 698. The summed E-state index contributed by atoms with van der Waals surface area (Å²) in [7, 11) is 2.16. The number of hydrogen-bond acceptors (Lipinski definition) is 6. The van der Waals surface area contributed by atoms with Crippen molar-refractivity contribution < 1.29 is 4.79 Å². The molecule has 2 aromatic heterocycles. The summed E-state index contributed by atoms with van der Waals surface area (Å²) in [5, 5.41) is 13.1. The van der Waals surface area contributed by atoms with Crippen LogP contribution in [0.25, 0.3) is 5.69 Å². The molecule has 8 heteroatoms. The molecule has 2 atom stereocenters. The highest BCUT2D eigenvalue weighted by atomic mass is 32.1. The lowest BCUT2D eigenvalue weighted by atomic mass is 9.83. The smallest absolute Gasteiger partial charge is 0.266 e. The van der Waals surface area contributed by atoms with E-state index in [1.807, 2.05) is 16.3 Å². The van der Waals surface area contributed by atoms with Gasteiger partial charge in [0.05, 0.1) is 5.69 Å². The van der Waals surface area contributed by atoms with Gasteiger partial charge in [0.1, 0.15) is 11.2 Å². The van der Waals surface area contributed by atoms with Crippen LogP contribution in [0.1, 0.15) is 16.6 Å². The average Bonchev–Trinajstić information content (AvgIpc) is 3.18. The summed E-state index contributed by atoms with van der Waals surface area (Å²) < 4.78 is 1.55. The van der Waals surface area contributed by atoms with E-state index in [1.54, 1.807) is 4.68 Å². The molecule has 2 aliphatic heterocycles. The maximum Gasteiger partial charge on any atom is 0.266 e. The van der Waals surface area contributed by atoms with E-state index in [2.05, 4.69) is 34.4 Å². The molecule has 0 radical (unpaired) electrons. The van der Waals surface area contributed by atoms with Crippen LogP contribution < -0.4 is 0 Å². The Hall–Kier alpha value is -1.80. The van der Waals surface area contributed by atoms with Gasteiger partial charge in [-0.2, -0.15) is 4.68 Å². The molecule has 0 saturated carbocycles. The zero-order valence-electron chi connectivity index (χ0n) is 12.6. The van der Waals surface area contributed by atoms with Crippen LogP contribution in [0.15, 0.2) is 17.8 Å². The van der Waals surface area contributed by atoms with Crippen LogP contribution in [0.5, 0.6) is 0 Å². The molecule has 116 valence electrons. The van der Waals surface area contributed by atoms with Gasteiger partial charge in [0.15, 0.2) is 0 Å². The second-order valence-electron chi connectivity index (χ2n) is 6.62. The van der Waals surface area contributed by atoms with Crippen molar-refractivity contribution in [1.29, 1.82) is 0 Å². The molecule has 7 nitrogen and oxygen atoms in total. The summed E-state index contributed by atoms with van der Waals surface area (Å²) in [5.41, 5.74) is 0.982. The van der Waals surface area contributed by atoms with Crippen molar-refractivity contribution in [3.05, 3.63) is 22.7 Å². The number of nitrogens with zero attached hydrogens (tertiary/aromatic N) is 6. The lowest BCUT2D eigenvalue weighted by Gasteiger charge is -2.23. The summed E-state index contributed by atoms with van der Waals surface area (Å²) in [6.07, 6.45) is 1.52. The monoisotopic (exact) mass is 318 g/mol. The van der Waals surface area contributed by atoms with Gasteiger partial charge in [-0.25, -0.2) is 0 Å². The van der Waals surface area contributed by atoms with Crippen LogP contribution in [0.2, 0.25) is 0 Å². The van der Waals surface area contributed by atoms with Crippen molar-refractivity contribution in [2.75, 3.05) is 33.2 Å². The van der Waals surface area contributed by atoms with Crippen LogP contribution in [0, 0.1) is 11.3 Å². The number of likely N-dealkylation sites (tertiary alicyclic amines) is 2. The fourth-order valence-corrected chi connectivity index (χ4v) is 4.69. The van der Waals surface area contributed by atoms with Crippen molar-refractivity contribution in [2.45, 2.75) is 6.92 Å². The van der Waals surface area contributed by atoms with E-state index in [9.17, 15) is 4.79 Å². The highest BCUT2D eigenvalue weighted by molar-refractivity contribution is 7.12. The predicted octanol–water partition coefficient (Wildman–Crippen LogP) is 0.748. The number of fused-ring (bicyclic) bond motifs is 1. The van der Waals surface area contributed by atoms with Gasteiger partial charge in [-0.05, 0) is 34.8 Å². The third kappa shape index (κ3) is 2.05. The molecule has 0 spiro atoms. The van der Waals surface area contributed by atoms with Crippen molar-refractivity contribution in [2.24, 2.45) is 11.3 Å². The molecule has 4 rings (SSSR count). The van der Waals surface area contributed by atoms with Crippen LogP contribution in [-0.4, -0.2) is 69.1 Å². The third-order valence-corrected chi connectivity index (χ3v) is 5.75. The first-order valence-corrected chi connectivity index (χ1v) is 8.23. The molecule has 0 unspecified atom stereocenters. The number of thiophene rings is 1. The Labute approximate surface area is 132 Å². The van der Waals surface area contributed by atoms with Gasteiger partial charge in [-0.3, -0.25) is 4.79 Å². The number of rotatable bonds is 2. The molecular formula is C14H18N6OS. The van der Waals surface area contributed by atoms with Crippen molar-refractivity contribution in [3.63, 3.8) is 0 Å². The first-order chi connectivity index (χ1) is 10.6. The fourth-order valence-electron chi connectivity index (χ4n) is 3.84. The average molecular weight is 318 g/mol. The number of carbonyl (C=O) groups is 1. The topological polar surface area (TPSA) is 67.2 Å². The molecule has 2 fully saturated rings. The number of carbonyl (C=O) groups excluding carboxylic acids is 1. The number of aromatic nitrogens is 4. The van der Waals surface area contributed by atoms with Gasteiger partial charge in [0.2, 0.25) is 0 Å². The summed E-state index contributed by atoms with van der Waals surface area (Å²) in [4.78, 5) is 18.0. The van der Waals surface area contributed by atoms with E-state index in [1.165, 1.54) is 17.7 Å². The van der Waals surface area contributed by atoms with Crippen molar-refractivity contribution >= 4 is 17.2 Å². The molecule has 0 aromatic carbocycles. The van der Waals surface area contributed by atoms with E-state index in [0.29, 0.717) is 10.8 Å². The largest absolute Gasteiger partial charge is 0.337 e. The van der Waals surface area contributed by atoms with Crippen LogP contribution in [0.3, 0.4) is 0 Å². The Morgan fingerprint density at radius 3 is 3.00 bits per heavy atom. The van der Waals surface area contributed by atoms with Gasteiger partial charge in [0.25, 0.3) is 5.91 Å². The SMILES string of the molecule is CN1C[C@@H]2CN(C(=O)c3sccc3-n3cnnn3)C[C@]2(C)C1. The van der Waals surface area contributed by atoms with E-state index >= 15 is 0 Å². The Balaban J connectivity index is 1.59. The third-order valence-electron chi connectivity index (χ3n) is 4.86. The van der Waals surface area contributed by atoms with Gasteiger partial charge >= 0.3 is 0 Å². The highest BCUT2D eigenvalue weighted by Crippen LogP contribution is 2.42. The second-order valence-corrected chi connectivity index (χ2v) is 7.54. The highest BCUT2D eigenvalue weighted by Gasteiger charge is 2.49. The number of amides is 1. The molecule has 2 aliphatic rings. The number of hydrogen-bond donors (Lipinski definition) is 0. The molecule has 0 bridgehead atoms. The predicted molar refractivity (Wildman–Crippen MR) is 82.0 cm³/mol. The Morgan fingerprint density at radius 2 is 2.27 bits per heavy atom. The maximum absolute atomic E-state index is 12.9. The number of tetrazole rings is 1. The molecule has 0 N–H and O–H groups in total. The second kappa shape index (κ2) is 4.85. The lowest BCUT2D eigenvalue weighted by molar-refractivity contribution is 0.0770. The zero-order valence-corrected chi connectivity index (χ0v) is 13.5. The van der Waals surface area contributed by atoms with E-state index < -0.39 is 0 Å². The zero-order chi connectivity index (χ0) is 15.3. The Morgan fingerprint density at radius 1 is 1.41 bits per heavy atom. The minimum Gasteiger partial charge on any atom is -0.337 e. The van der Waals surface area contributed by atoms with Crippen LogP contribution in [0.4, 0.5) is 0 Å². The molecule has 22 heavy (non-hydrogen) atoms. The summed E-state index contributed by atoms with van der Waals surface area (Å²) >= 11 is 1.45. The fraction of sp³-hybridized carbons (Fsp3) is 0.571. The van der Waals surface area contributed by atoms with Crippen LogP contribution >= 0.6 is 11.3 Å². The van der Waals surface area contributed by atoms with Gasteiger partial charge in [-0.1, -0.05) is 6.92 Å². The lowest BCUT2D eigenvalue weighted by Crippen LogP contribution is -2.34. The Kier molecular flexibility index (Phi) is 3.05. The molecule has 2 saturated heterocycles. The maximum atomic E-state index is 12.9. The normalized spacial score (nSPS) is 28.3. The first kappa shape index (κ1) is 13.8. The quantitative estimate of drug-likeness (QED) is 0.817. The van der Waals surface area contributed by atoms with Gasteiger partial charge in [0, 0.05) is 31.6 Å². The van der Waals surface area contributed by atoms with E-state index in [-0.39, 0.29) is 11.3 Å². The summed E-state index contributed by atoms with van der Waals surface area (Å²) in [6.45, 7) is 6.10. The van der Waals surface area contributed by atoms with Crippen LogP contribution in [-0.2, 0) is 0 Å². The van der Waals surface area contributed by atoms with Gasteiger partial charge < -0.3 is 9.80 Å². The molecule has 2 aromatic rings. The molecule has 4 heterocycles. The van der Waals surface area contributed by atoms with Crippen molar-refractivity contribution in [1.82, 2.24) is 30.0 Å². The first-order valence-electron chi connectivity index (χ1n) is 7.35. The molecular weight excluding hydrogens is 300 g/mol. The minimum atomic E-state index is 0.0961. The molecule has 0 aliphatic carbocycles. The molecule has 1 amide bonds. The van der Waals surface area contributed by atoms with E-state index in [0.717, 1.165) is 31.9 Å². The van der Waals surface area contributed by atoms with Gasteiger partial charge in [-0.15, -0.1) is 16.4 Å². The standard InChI is InChI=1S/C14H18N6OS/c1-14-7-18(2)5-10(14)6-19(8-14)13(21)12-11(3-4-22-12)20-9-15-16-17-20/h3-4,9-10H,5-8H2,1-2H3/t10-,14+/m1/s1.